The van der Waals surface area contributed by atoms with Crippen molar-refractivity contribution >= 4 is 11.9 Å². The molecule has 2 aliphatic carbocycles. The van der Waals surface area contributed by atoms with Gasteiger partial charge < -0.3 is 15.5 Å². The number of hydrogen-bond donors (Lipinski definition) is 2. The van der Waals surface area contributed by atoms with E-state index in [1.165, 1.54) is 32.1 Å². The first-order valence-electron chi connectivity index (χ1n) is 9.44. The number of hydrogen-bond acceptors (Lipinski definition) is 2. The summed E-state index contributed by atoms with van der Waals surface area (Å²) in [6.07, 6.45) is 8.77. The summed E-state index contributed by atoms with van der Waals surface area (Å²) in [7, 11) is 1.83. The zero-order valence-corrected chi connectivity index (χ0v) is 14.7. The highest BCUT2D eigenvalue weighted by molar-refractivity contribution is 5.80. The highest BCUT2D eigenvalue weighted by Gasteiger charge is 2.38. The molecule has 5 nitrogen and oxygen atoms in total. The van der Waals surface area contributed by atoms with Gasteiger partial charge in [-0.05, 0) is 49.9 Å². The van der Waals surface area contributed by atoms with Crippen LogP contribution in [0.5, 0.6) is 0 Å². The van der Waals surface area contributed by atoms with E-state index >= 15 is 0 Å². The number of likely N-dealkylation sites (tertiary alicyclic amines) is 1. The third-order valence-electron chi connectivity index (χ3n) is 6.10. The van der Waals surface area contributed by atoms with Gasteiger partial charge in [-0.25, -0.2) is 0 Å². The van der Waals surface area contributed by atoms with Gasteiger partial charge in [0.15, 0.2) is 5.96 Å². The van der Waals surface area contributed by atoms with Crippen molar-refractivity contribution in [3.63, 3.8) is 0 Å². The van der Waals surface area contributed by atoms with Crippen molar-refractivity contribution in [1.82, 2.24) is 15.5 Å². The first-order chi connectivity index (χ1) is 11.2. The van der Waals surface area contributed by atoms with Gasteiger partial charge in [0.2, 0.25) is 5.91 Å². The van der Waals surface area contributed by atoms with Gasteiger partial charge in [-0.2, -0.15) is 0 Å². The maximum absolute atomic E-state index is 11.7. The summed E-state index contributed by atoms with van der Waals surface area (Å²) in [6.45, 7) is 4.61. The average Bonchev–Trinajstić information content (AvgIpc) is 3.29. The van der Waals surface area contributed by atoms with Crippen LogP contribution >= 0.6 is 0 Å². The number of guanidine groups is 1. The third-order valence-corrected chi connectivity index (χ3v) is 6.10. The number of carbonyl (C=O) groups is 1. The predicted molar refractivity (Wildman–Crippen MR) is 93.3 cm³/mol. The van der Waals surface area contributed by atoms with E-state index in [0.717, 1.165) is 49.8 Å². The van der Waals surface area contributed by atoms with E-state index in [1.807, 2.05) is 18.9 Å². The quantitative estimate of drug-likeness (QED) is 0.602. The van der Waals surface area contributed by atoms with Crippen molar-refractivity contribution in [2.45, 2.75) is 57.9 Å². The van der Waals surface area contributed by atoms with E-state index in [9.17, 15) is 4.79 Å². The number of rotatable bonds is 5. The molecule has 2 N–H and O–H groups in total. The van der Waals surface area contributed by atoms with Crippen LogP contribution in [0.2, 0.25) is 0 Å². The zero-order valence-electron chi connectivity index (χ0n) is 14.7. The maximum Gasteiger partial charge on any atom is 0.222 e. The number of carbonyl (C=O) groups excluding carboxylic acids is 1. The number of nitrogens with zero attached hydrogens (tertiary/aromatic N) is 2. The van der Waals surface area contributed by atoms with Crippen molar-refractivity contribution < 1.29 is 4.79 Å². The van der Waals surface area contributed by atoms with Gasteiger partial charge in [0.1, 0.15) is 0 Å². The predicted octanol–water partition coefficient (Wildman–Crippen LogP) is 1.99. The Balaban J connectivity index is 1.36. The summed E-state index contributed by atoms with van der Waals surface area (Å²) in [5, 5.41) is 6.96. The Labute approximate surface area is 140 Å². The topological polar surface area (TPSA) is 56.7 Å². The Morgan fingerprint density at radius 2 is 2.13 bits per heavy atom. The molecule has 5 heteroatoms. The molecule has 1 saturated heterocycles. The van der Waals surface area contributed by atoms with Crippen molar-refractivity contribution in [2.24, 2.45) is 22.7 Å². The van der Waals surface area contributed by atoms with Crippen LogP contribution in [0.1, 0.15) is 51.9 Å². The van der Waals surface area contributed by atoms with Crippen LogP contribution in [0.25, 0.3) is 0 Å². The number of amides is 1. The summed E-state index contributed by atoms with van der Waals surface area (Å²) < 4.78 is 0. The molecule has 4 unspecified atom stereocenters. The molecule has 2 saturated carbocycles. The standard InChI is InChI=1S/C18H32N4O/c1-3-17(23)22-9-7-16(12-22)21-18(19-2)20-8-6-15-11-13-4-5-14(15)10-13/h13-16H,3-12H2,1-2H3,(H2,19,20,21). The van der Waals surface area contributed by atoms with Crippen molar-refractivity contribution in [3.05, 3.63) is 0 Å². The van der Waals surface area contributed by atoms with Crippen LogP contribution in [0.15, 0.2) is 4.99 Å². The second-order valence-corrected chi connectivity index (χ2v) is 7.55. The minimum absolute atomic E-state index is 0.258. The van der Waals surface area contributed by atoms with Gasteiger partial charge >= 0.3 is 0 Å². The monoisotopic (exact) mass is 320 g/mol. The van der Waals surface area contributed by atoms with Gasteiger partial charge in [0.25, 0.3) is 0 Å². The van der Waals surface area contributed by atoms with Crippen LogP contribution < -0.4 is 10.6 Å². The highest BCUT2D eigenvalue weighted by Crippen LogP contribution is 2.49. The Morgan fingerprint density at radius 1 is 1.26 bits per heavy atom. The molecule has 3 aliphatic rings. The number of aliphatic imine (C=N–C) groups is 1. The summed E-state index contributed by atoms with van der Waals surface area (Å²) >= 11 is 0. The second-order valence-electron chi connectivity index (χ2n) is 7.55. The SMILES string of the molecule is CCC(=O)N1CCC(NC(=NC)NCCC2CC3CCC2C3)C1. The molecule has 1 aliphatic heterocycles. The van der Waals surface area contributed by atoms with Gasteiger partial charge in [0, 0.05) is 39.1 Å². The van der Waals surface area contributed by atoms with Crippen LogP contribution in [0.4, 0.5) is 0 Å². The number of fused-ring (bicyclic) bond motifs is 2. The lowest BCUT2D eigenvalue weighted by Gasteiger charge is -2.23. The lowest BCUT2D eigenvalue weighted by molar-refractivity contribution is -0.129. The van der Waals surface area contributed by atoms with E-state index in [1.54, 1.807) is 0 Å². The lowest BCUT2D eigenvalue weighted by atomic mass is 9.86. The summed E-state index contributed by atoms with van der Waals surface area (Å²) in [4.78, 5) is 18.1. The molecule has 3 rings (SSSR count). The molecular weight excluding hydrogens is 288 g/mol. The Kier molecular flexibility index (Phi) is 5.44. The normalized spacial score (nSPS) is 33.3. The van der Waals surface area contributed by atoms with Crippen molar-refractivity contribution in [2.75, 3.05) is 26.7 Å². The Bertz CT molecular complexity index is 450. The van der Waals surface area contributed by atoms with Crippen molar-refractivity contribution in [3.8, 4) is 0 Å². The lowest BCUT2D eigenvalue weighted by Crippen LogP contribution is -2.45. The van der Waals surface area contributed by atoms with Crippen LogP contribution in [-0.2, 0) is 4.79 Å². The first kappa shape index (κ1) is 16.6. The number of nitrogens with one attached hydrogen (secondary N) is 2. The molecule has 1 amide bonds. The molecule has 23 heavy (non-hydrogen) atoms. The largest absolute Gasteiger partial charge is 0.356 e. The fourth-order valence-corrected chi connectivity index (χ4v) is 4.82. The minimum atomic E-state index is 0.258. The molecule has 0 aromatic carbocycles. The van der Waals surface area contributed by atoms with E-state index in [2.05, 4.69) is 15.6 Å². The zero-order chi connectivity index (χ0) is 16.2. The Morgan fingerprint density at radius 3 is 2.78 bits per heavy atom. The fourth-order valence-electron chi connectivity index (χ4n) is 4.82. The van der Waals surface area contributed by atoms with Gasteiger partial charge in [0.05, 0.1) is 0 Å². The molecule has 3 fully saturated rings. The van der Waals surface area contributed by atoms with Crippen LogP contribution in [-0.4, -0.2) is 49.5 Å². The Hall–Kier alpha value is -1.26. The smallest absolute Gasteiger partial charge is 0.222 e. The van der Waals surface area contributed by atoms with Gasteiger partial charge in [-0.1, -0.05) is 13.3 Å². The van der Waals surface area contributed by atoms with Crippen LogP contribution in [0.3, 0.4) is 0 Å². The average molecular weight is 320 g/mol. The molecular formula is C18H32N4O. The molecule has 1 heterocycles. The van der Waals surface area contributed by atoms with E-state index in [-0.39, 0.29) is 5.91 Å². The molecule has 4 atom stereocenters. The second kappa shape index (κ2) is 7.54. The fraction of sp³-hybridized carbons (Fsp3) is 0.889. The molecule has 130 valence electrons. The van der Waals surface area contributed by atoms with E-state index in [4.69, 9.17) is 0 Å². The van der Waals surface area contributed by atoms with Crippen molar-refractivity contribution in [1.29, 1.82) is 0 Å². The highest BCUT2D eigenvalue weighted by atomic mass is 16.2. The summed E-state index contributed by atoms with van der Waals surface area (Å²) in [6, 6.07) is 0.333. The molecule has 0 aromatic rings. The van der Waals surface area contributed by atoms with E-state index < -0.39 is 0 Å². The van der Waals surface area contributed by atoms with Gasteiger partial charge in [-0.15, -0.1) is 0 Å². The maximum atomic E-state index is 11.7. The molecule has 2 bridgehead atoms. The first-order valence-corrected chi connectivity index (χ1v) is 9.44. The van der Waals surface area contributed by atoms with Crippen LogP contribution in [0, 0.1) is 17.8 Å². The molecule has 0 aromatic heterocycles. The minimum Gasteiger partial charge on any atom is -0.356 e. The molecule has 0 radical (unpaired) electrons. The molecule has 0 spiro atoms. The summed E-state index contributed by atoms with van der Waals surface area (Å²) in [5.74, 6) is 4.12. The van der Waals surface area contributed by atoms with Gasteiger partial charge in [-0.3, -0.25) is 9.79 Å². The summed E-state index contributed by atoms with van der Waals surface area (Å²) in [5.41, 5.74) is 0. The van der Waals surface area contributed by atoms with E-state index in [0.29, 0.717) is 12.5 Å². The third kappa shape index (κ3) is 3.99.